The molecular weight excluding hydrogens is 202 g/mol. The van der Waals surface area contributed by atoms with Gasteiger partial charge in [-0.15, -0.1) is 0 Å². The maximum absolute atomic E-state index is 11.2. The molecule has 0 aliphatic rings. The summed E-state index contributed by atoms with van der Waals surface area (Å²) < 4.78 is 1.74. The Bertz CT molecular complexity index is 525. The van der Waals surface area contributed by atoms with Crippen LogP contribution < -0.4 is 0 Å². The highest BCUT2D eigenvalue weighted by Crippen LogP contribution is 2.18. The maximum Gasteiger partial charge on any atom is 0.276 e. The monoisotopic (exact) mass is 213 g/mol. The molecular formula is C12H11N3O. The molecule has 80 valence electrons. The lowest BCUT2D eigenvalue weighted by Gasteiger charge is -1.98. The largest absolute Gasteiger partial charge is 0.276 e. The van der Waals surface area contributed by atoms with Gasteiger partial charge in [0.1, 0.15) is 0 Å². The van der Waals surface area contributed by atoms with E-state index in [0.717, 1.165) is 11.1 Å². The first kappa shape index (κ1) is 10.3. The molecule has 0 aliphatic heterocycles. The molecule has 4 heteroatoms. The predicted octanol–water partition coefficient (Wildman–Crippen LogP) is 1.93. The molecule has 0 unspecified atom stereocenters. The molecule has 0 bridgehead atoms. The number of amides is 1. The highest BCUT2D eigenvalue weighted by atomic mass is 16.1. The molecule has 4 nitrogen and oxygen atoms in total. The molecule has 0 N–H and O–H groups in total. The van der Waals surface area contributed by atoms with Gasteiger partial charge >= 0.3 is 0 Å². The number of aliphatic imine (C=N–C) groups is 1. The van der Waals surface area contributed by atoms with Crippen LogP contribution in [0.4, 0.5) is 0 Å². The molecule has 0 saturated carbocycles. The molecule has 1 aromatic heterocycles. The first-order valence-corrected chi connectivity index (χ1v) is 4.81. The molecule has 0 spiro atoms. The number of carbonyl (C=O) groups excluding carboxylic acids is 1. The third-order valence-corrected chi connectivity index (χ3v) is 2.31. The van der Waals surface area contributed by atoms with Crippen LogP contribution in [0.5, 0.6) is 0 Å². The third kappa shape index (κ3) is 1.91. The number of carbonyl (C=O) groups is 1. The van der Waals surface area contributed by atoms with Crippen LogP contribution in [0.3, 0.4) is 0 Å². The van der Waals surface area contributed by atoms with Gasteiger partial charge in [-0.25, -0.2) is 4.99 Å². The van der Waals surface area contributed by atoms with Crippen LogP contribution in [-0.4, -0.2) is 22.4 Å². The summed E-state index contributed by atoms with van der Waals surface area (Å²) in [5.74, 6) is -0.308. The van der Waals surface area contributed by atoms with E-state index >= 15 is 0 Å². The predicted molar refractivity (Wildman–Crippen MR) is 62.5 cm³/mol. The van der Waals surface area contributed by atoms with E-state index in [9.17, 15) is 4.79 Å². The van der Waals surface area contributed by atoms with Crippen LogP contribution in [0.15, 0.2) is 41.7 Å². The molecule has 1 amide bonds. The Morgan fingerprint density at radius 3 is 2.50 bits per heavy atom. The summed E-state index contributed by atoms with van der Waals surface area (Å²) in [7, 11) is 1.86. The van der Waals surface area contributed by atoms with Gasteiger partial charge in [0.2, 0.25) is 0 Å². The summed E-state index contributed by atoms with van der Waals surface area (Å²) in [5.41, 5.74) is 2.59. The van der Waals surface area contributed by atoms with E-state index in [1.54, 1.807) is 23.0 Å². The average molecular weight is 213 g/mol. The second-order valence-corrected chi connectivity index (χ2v) is 3.44. The highest BCUT2D eigenvalue weighted by molar-refractivity contribution is 5.97. The number of rotatable bonds is 2. The van der Waals surface area contributed by atoms with E-state index in [-0.39, 0.29) is 5.91 Å². The van der Waals surface area contributed by atoms with Gasteiger partial charge in [0.25, 0.3) is 5.91 Å². The van der Waals surface area contributed by atoms with Crippen molar-refractivity contribution in [2.75, 3.05) is 0 Å². The normalized spacial score (nSPS) is 10.1. The van der Waals surface area contributed by atoms with Crippen LogP contribution in [0.25, 0.3) is 11.1 Å². The second kappa shape index (κ2) is 4.10. The van der Waals surface area contributed by atoms with Crippen LogP contribution in [-0.2, 0) is 7.05 Å². The van der Waals surface area contributed by atoms with Crippen molar-refractivity contribution in [3.8, 4) is 11.1 Å². The lowest BCUT2D eigenvalue weighted by Crippen LogP contribution is -1.92. The lowest BCUT2D eigenvalue weighted by atomic mass is 10.1. The number of aromatic nitrogens is 2. The van der Waals surface area contributed by atoms with E-state index in [1.165, 1.54) is 0 Å². The number of aryl methyl sites for hydroxylation is 1. The molecule has 16 heavy (non-hydrogen) atoms. The smallest absolute Gasteiger partial charge is 0.275 e. The van der Waals surface area contributed by atoms with Crippen LogP contribution in [0, 0.1) is 0 Å². The van der Waals surface area contributed by atoms with E-state index in [0.29, 0.717) is 5.56 Å². The molecule has 0 atom stereocenters. The van der Waals surface area contributed by atoms with Crippen molar-refractivity contribution in [3.63, 3.8) is 0 Å². The number of hydrogen-bond acceptors (Lipinski definition) is 2. The van der Waals surface area contributed by atoms with Gasteiger partial charge < -0.3 is 0 Å². The first-order valence-electron chi connectivity index (χ1n) is 4.81. The number of hydrogen-bond donors (Lipinski definition) is 0. The SMILES string of the molecule is C=NC(=O)c1ccc(-c2cnn(C)c2)cc1. The van der Waals surface area contributed by atoms with Gasteiger partial charge in [-0.05, 0) is 24.4 Å². The average Bonchev–Trinajstić information content (AvgIpc) is 2.75. The highest BCUT2D eigenvalue weighted by Gasteiger charge is 2.04. The standard InChI is InChI=1S/C12H11N3O/c1-13-12(16)10-5-3-9(4-6-10)11-7-14-15(2)8-11/h3-8H,1H2,2H3. The molecule has 1 aromatic carbocycles. The van der Waals surface area contributed by atoms with Crippen molar-refractivity contribution in [2.24, 2.45) is 12.0 Å². The zero-order valence-electron chi connectivity index (χ0n) is 8.92. The van der Waals surface area contributed by atoms with Gasteiger partial charge in [-0.2, -0.15) is 5.10 Å². The van der Waals surface area contributed by atoms with E-state index in [2.05, 4.69) is 16.8 Å². The fourth-order valence-corrected chi connectivity index (χ4v) is 1.47. The van der Waals surface area contributed by atoms with Crippen LogP contribution in [0.2, 0.25) is 0 Å². The Morgan fingerprint density at radius 2 is 2.00 bits per heavy atom. The van der Waals surface area contributed by atoms with Gasteiger partial charge in [-0.1, -0.05) is 12.1 Å². The van der Waals surface area contributed by atoms with Crippen molar-refractivity contribution < 1.29 is 4.79 Å². The summed E-state index contributed by atoms with van der Waals surface area (Å²) in [5, 5.41) is 4.09. The summed E-state index contributed by atoms with van der Waals surface area (Å²) in [4.78, 5) is 14.6. The van der Waals surface area contributed by atoms with Crippen molar-refractivity contribution in [3.05, 3.63) is 42.2 Å². The minimum atomic E-state index is -0.308. The van der Waals surface area contributed by atoms with Crippen LogP contribution in [0.1, 0.15) is 10.4 Å². The minimum Gasteiger partial charge on any atom is -0.275 e. The molecule has 2 rings (SSSR count). The van der Waals surface area contributed by atoms with Crippen molar-refractivity contribution in [1.82, 2.24) is 9.78 Å². The summed E-state index contributed by atoms with van der Waals surface area (Å²) in [6.45, 7) is 3.21. The summed E-state index contributed by atoms with van der Waals surface area (Å²) in [6.07, 6.45) is 3.70. The minimum absolute atomic E-state index is 0.308. The Morgan fingerprint density at radius 1 is 1.31 bits per heavy atom. The molecule has 1 heterocycles. The Balaban J connectivity index is 2.32. The molecule has 0 saturated heterocycles. The Labute approximate surface area is 93.2 Å². The Hall–Kier alpha value is -2.23. The summed E-state index contributed by atoms with van der Waals surface area (Å²) >= 11 is 0. The van der Waals surface area contributed by atoms with Gasteiger partial charge in [0.05, 0.1) is 6.20 Å². The van der Waals surface area contributed by atoms with Gasteiger partial charge in [-0.3, -0.25) is 9.48 Å². The van der Waals surface area contributed by atoms with Crippen molar-refractivity contribution in [2.45, 2.75) is 0 Å². The fourth-order valence-electron chi connectivity index (χ4n) is 1.47. The third-order valence-electron chi connectivity index (χ3n) is 2.31. The quantitative estimate of drug-likeness (QED) is 0.715. The summed E-state index contributed by atoms with van der Waals surface area (Å²) in [6, 6.07) is 7.21. The molecule has 0 radical (unpaired) electrons. The van der Waals surface area contributed by atoms with Crippen molar-refractivity contribution in [1.29, 1.82) is 0 Å². The molecule has 0 fully saturated rings. The number of benzene rings is 1. The first-order chi connectivity index (χ1) is 7.70. The lowest BCUT2D eigenvalue weighted by molar-refractivity contribution is 0.100. The van der Waals surface area contributed by atoms with Gasteiger partial charge in [0.15, 0.2) is 0 Å². The van der Waals surface area contributed by atoms with E-state index < -0.39 is 0 Å². The molecule has 0 aliphatic carbocycles. The second-order valence-electron chi connectivity index (χ2n) is 3.44. The molecule has 2 aromatic rings. The maximum atomic E-state index is 11.2. The van der Waals surface area contributed by atoms with Crippen LogP contribution >= 0.6 is 0 Å². The Kier molecular flexibility index (Phi) is 2.64. The zero-order chi connectivity index (χ0) is 11.5. The van der Waals surface area contributed by atoms with Gasteiger partial charge in [0, 0.05) is 24.4 Å². The van der Waals surface area contributed by atoms with Crippen molar-refractivity contribution >= 4 is 12.6 Å². The van der Waals surface area contributed by atoms with E-state index in [1.807, 2.05) is 25.4 Å². The van der Waals surface area contributed by atoms with E-state index in [4.69, 9.17) is 0 Å². The number of nitrogens with zero attached hydrogens (tertiary/aromatic N) is 3. The topological polar surface area (TPSA) is 47.2 Å². The zero-order valence-corrected chi connectivity index (χ0v) is 8.92. The fraction of sp³-hybridized carbons (Fsp3) is 0.0833.